The molecule has 0 spiro atoms. The molecule has 8 nitrogen and oxygen atoms in total. The van der Waals surface area contributed by atoms with Crippen molar-refractivity contribution in [3.8, 4) is 0 Å². The van der Waals surface area contributed by atoms with Crippen LogP contribution in [0, 0.1) is 11.7 Å². The summed E-state index contributed by atoms with van der Waals surface area (Å²) in [6.45, 7) is 2.75. The van der Waals surface area contributed by atoms with Crippen molar-refractivity contribution in [2.45, 2.75) is 76.4 Å². The lowest BCUT2D eigenvalue weighted by molar-refractivity contribution is 0.116. The van der Waals surface area contributed by atoms with Gasteiger partial charge in [0.15, 0.2) is 0 Å². The normalized spacial score (nSPS) is 19.6. The third-order valence-corrected chi connectivity index (χ3v) is 7.59. The van der Waals surface area contributed by atoms with Gasteiger partial charge in [0.2, 0.25) is 0 Å². The van der Waals surface area contributed by atoms with E-state index in [0.717, 1.165) is 31.4 Å². The number of piperidine rings is 1. The molecule has 0 unspecified atom stereocenters. The van der Waals surface area contributed by atoms with E-state index in [2.05, 4.69) is 20.7 Å². The Labute approximate surface area is 221 Å². The third kappa shape index (κ3) is 9.45. The number of benzene rings is 1. The summed E-state index contributed by atoms with van der Waals surface area (Å²) < 4.78 is 25.3. The highest BCUT2D eigenvalue weighted by atomic mass is 19.1. The van der Waals surface area contributed by atoms with Crippen molar-refractivity contribution in [1.82, 2.24) is 20.9 Å². The van der Waals surface area contributed by atoms with Crippen molar-refractivity contribution in [3.05, 3.63) is 35.1 Å². The lowest BCUT2D eigenvalue weighted by atomic mass is 9.87. The molecule has 2 atom stereocenters. The number of likely N-dealkylation sites (tertiary alicyclic amines) is 1. The maximum absolute atomic E-state index is 15.0. The summed E-state index contributed by atoms with van der Waals surface area (Å²) in [4.78, 5) is 26.3. The van der Waals surface area contributed by atoms with Crippen LogP contribution >= 0.6 is 0 Å². The maximum atomic E-state index is 15.0. The van der Waals surface area contributed by atoms with Crippen molar-refractivity contribution in [1.29, 1.82) is 0 Å². The van der Waals surface area contributed by atoms with Gasteiger partial charge >= 0.3 is 12.1 Å². The molecule has 1 heterocycles. The molecule has 37 heavy (non-hydrogen) atoms. The predicted octanol–water partition coefficient (Wildman–Crippen LogP) is 4.54. The first-order valence-electron chi connectivity index (χ1n) is 13.9. The van der Waals surface area contributed by atoms with Gasteiger partial charge in [-0.15, -0.1) is 0 Å². The molecule has 208 valence electrons. The zero-order valence-electron chi connectivity index (χ0n) is 22.5. The smallest absolute Gasteiger partial charge is 0.406 e. The molecule has 1 aromatic carbocycles. The molecule has 0 radical (unpaired) electrons. The highest BCUT2D eigenvalue weighted by Gasteiger charge is 2.29. The lowest BCUT2D eigenvalue weighted by Crippen LogP contribution is -2.51. The third-order valence-electron chi connectivity index (χ3n) is 7.59. The Balaban J connectivity index is 1.58. The molecule has 3 N–H and O–H groups in total. The van der Waals surface area contributed by atoms with Gasteiger partial charge in [-0.1, -0.05) is 50.7 Å². The number of hydrogen-bond acceptors (Lipinski definition) is 5. The predicted molar refractivity (Wildman–Crippen MR) is 142 cm³/mol. The summed E-state index contributed by atoms with van der Waals surface area (Å²) in [6.07, 6.45) is 9.86. The number of likely N-dealkylation sites (N-methyl/N-ethyl adjacent to an activating group) is 1. The molecule has 1 aromatic rings. The van der Waals surface area contributed by atoms with Gasteiger partial charge < -0.3 is 30.3 Å². The monoisotopic (exact) mass is 520 g/mol. The Kier molecular flexibility index (Phi) is 12.4. The number of urea groups is 1. The van der Waals surface area contributed by atoms with Crippen LogP contribution in [0.1, 0.15) is 74.8 Å². The molecule has 2 aliphatic rings. The number of ether oxygens (including phenoxy) is 2. The zero-order chi connectivity index (χ0) is 26.5. The molecule has 1 saturated heterocycles. The number of carbonyl (C=O) groups is 2. The number of nitrogens with one attached hydrogen (secondary N) is 3. The molecule has 9 heteroatoms. The Morgan fingerprint density at radius 2 is 1.92 bits per heavy atom. The van der Waals surface area contributed by atoms with Crippen LogP contribution in [0.15, 0.2) is 18.2 Å². The summed E-state index contributed by atoms with van der Waals surface area (Å²) in [5.41, 5.74) is 1.41. The van der Waals surface area contributed by atoms with Crippen LogP contribution in [-0.2, 0) is 16.1 Å². The Morgan fingerprint density at radius 3 is 2.65 bits per heavy atom. The number of amides is 3. The quantitative estimate of drug-likeness (QED) is 0.294. The second kappa shape index (κ2) is 15.8. The summed E-state index contributed by atoms with van der Waals surface area (Å²) in [5.74, 6) is 0.318. The molecule has 0 aromatic heterocycles. The maximum Gasteiger partial charge on any atom is 0.406 e. The van der Waals surface area contributed by atoms with E-state index in [9.17, 15) is 9.59 Å². The van der Waals surface area contributed by atoms with Crippen LogP contribution in [0.4, 0.5) is 14.0 Å². The molecule has 1 aliphatic carbocycles. The fraction of sp³-hybridized carbons (Fsp3) is 0.714. The molecule has 0 bridgehead atoms. The minimum absolute atomic E-state index is 0.0541. The molecule has 1 saturated carbocycles. The van der Waals surface area contributed by atoms with E-state index in [1.807, 2.05) is 18.0 Å². The second-order valence-electron chi connectivity index (χ2n) is 10.4. The molecular weight excluding hydrogens is 475 g/mol. The van der Waals surface area contributed by atoms with E-state index in [1.165, 1.54) is 51.7 Å². The van der Waals surface area contributed by atoms with Crippen LogP contribution in [0.3, 0.4) is 0 Å². The van der Waals surface area contributed by atoms with E-state index in [-0.39, 0.29) is 37.0 Å². The number of alkyl carbamates (subject to hydrolysis) is 1. The first kappa shape index (κ1) is 29.2. The highest BCUT2D eigenvalue weighted by Crippen LogP contribution is 2.32. The van der Waals surface area contributed by atoms with E-state index < -0.39 is 6.09 Å². The van der Waals surface area contributed by atoms with Gasteiger partial charge in [0.05, 0.1) is 20.3 Å². The largest absolute Gasteiger partial charge is 0.453 e. The number of methoxy groups -OCH3 is 1. The summed E-state index contributed by atoms with van der Waals surface area (Å²) in [5, 5.41) is 9.09. The zero-order valence-corrected chi connectivity index (χ0v) is 22.5. The highest BCUT2D eigenvalue weighted by molar-refractivity contribution is 5.74. The first-order chi connectivity index (χ1) is 18.0. The Bertz CT molecular complexity index is 847. The minimum atomic E-state index is -0.512. The van der Waals surface area contributed by atoms with Crippen molar-refractivity contribution < 1.29 is 23.5 Å². The van der Waals surface area contributed by atoms with Crippen LogP contribution in [0.5, 0.6) is 0 Å². The number of hydrogen-bond donors (Lipinski definition) is 3. The van der Waals surface area contributed by atoms with Crippen molar-refractivity contribution >= 4 is 12.1 Å². The average Bonchev–Trinajstić information content (AvgIpc) is 3.17. The first-order valence-corrected chi connectivity index (χ1v) is 13.9. The molecule has 3 rings (SSSR count). The van der Waals surface area contributed by atoms with Gasteiger partial charge in [0.1, 0.15) is 5.82 Å². The number of halogens is 1. The fourth-order valence-corrected chi connectivity index (χ4v) is 5.75. The lowest BCUT2D eigenvalue weighted by Gasteiger charge is -2.35. The second-order valence-corrected chi connectivity index (χ2v) is 10.4. The minimum Gasteiger partial charge on any atom is -0.453 e. The van der Waals surface area contributed by atoms with E-state index in [0.29, 0.717) is 31.1 Å². The number of rotatable bonds is 11. The van der Waals surface area contributed by atoms with Crippen LogP contribution in [-0.4, -0.2) is 70.0 Å². The SMILES string of the molecule is CNC[C@H](CC1CCCCCC1)NC(=O)N1CCC[C@H](c2c(F)cccc2COCCNC(=O)OC)C1. The average molecular weight is 521 g/mol. The summed E-state index contributed by atoms with van der Waals surface area (Å²) >= 11 is 0. The topological polar surface area (TPSA) is 91.9 Å². The van der Waals surface area contributed by atoms with Crippen LogP contribution in [0.2, 0.25) is 0 Å². The summed E-state index contributed by atoms with van der Waals surface area (Å²) in [6, 6.07) is 5.08. The fourth-order valence-electron chi connectivity index (χ4n) is 5.75. The van der Waals surface area contributed by atoms with Gasteiger partial charge in [-0.25, -0.2) is 14.0 Å². The number of nitrogens with zero attached hydrogens (tertiary/aromatic N) is 1. The van der Waals surface area contributed by atoms with Gasteiger partial charge in [-0.2, -0.15) is 0 Å². The van der Waals surface area contributed by atoms with Gasteiger partial charge in [-0.05, 0) is 49.4 Å². The van der Waals surface area contributed by atoms with E-state index in [4.69, 9.17) is 4.74 Å². The summed E-state index contributed by atoms with van der Waals surface area (Å²) in [7, 11) is 3.23. The molecule has 1 aliphatic heterocycles. The number of carbonyl (C=O) groups excluding carboxylic acids is 2. The Morgan fingerprint density at radius 1 is 1.14 bits per heavy atom. The van der Waals surface area contributed by atoms with Gasteiger partial charge in [0.25, 0.3) is 0 Å². The van der Waals surface area contributed by atoms with Gasteiger partial charge in [0, 0.05) is 38.1 Å². The van der Waals surface area contributed by atoms with Gasteiger partial charge in [-0.3, -0.25) is 0 Å². The van der Waals surface area contributed by atoms with Crippen molar-refractivity contribution in [3.63, 3.8) is 0 Å². The molecule has 3 amide bonds. The standard InChI is InChI=1S/C28H45FN4O4/c1-30-18-24(17-21-9-5-3-4-6-10-21)32-27(34)33-15-8-12-22(19-33)26-23(11-7-13-25(26)29)20-37-16-14-31-28(35)36-2/h7,11,13,21-22,24,30H,3-6,8-10,12,14-20H2,1-2H3,(H,31,35)(H,32,34)/t22-,24-/m0/s1. The van der Waals surface area contributed by atoms with Crippen LogP contribution in [0.25, 0.3) is 0 Å². The Hall–Kier alpha value is -2.39. The van der Waals surface area contributed by atoms with E-state index in [1.54, 1.807) is 6.07 Å². The van der Waals surface area contributed by atoms with E-state index >= 15 is 4.39 Å². The van der Waals surface area contributed by atoms with Crippen molar-refractivity contribution in [2.24, 2.45) is 5.92 Å². The van der Waals surface area contributed by atoms with Crippen LogP contribution < -0.4 is 16.0 Å². The molecule has 2 fully saturated rings. The molecular formula is C28H45FN4O4. The van der Waals surface area contributed by atoms with Crippen molar-refractivity contribution in [2.75, 3.05) is 46.9 Å².